The summed E-state index contributed by atoms with van der Waals surface area (Å²) in [6, 6.07) is 8.92. The van der Waals surface area contributed by atoms with Crippen LogP contribution in [0.2, 0.25) is 0 Å². The van der Waals surface area contributed by atoms with Gasteiger partial charge in [0, 0.05) is 7.11 Å². The van der Waals surface area contributed by atoms with E-state index in [1.165, 1.54) is 49.7 Å². The van der Waals surface area contributed by atoms with Crippen molar-refractivity contribution in [3.8, 4) is 0 Å². The fraction of sp³-hybridized carbons (Fsp3) is 0.667. The molecule has 116 valence electrons. The summed E-state index contributed by atoms with van der Waals surface area (Å²) in [5.74, 6) is 6.71. The second kappa shape index (κ2) is 6.47. The Hall–Kier alpha value is -0.900. The molecule has 3 N–H and O–H groups in total. The first-order chi connectivity index (χ1) is 10.3. The number of rotatable bonds is 5. The summed E-state index contributed by atoms with van der Waals surface area (Å²) in [6.07, 6.45) is 9.95. The van der Waals surface area contributed by atoms with Gasteiger partial charge in [-0.15, -0.1) is 0 Å². The monoisotopic (exact) mass is 288 g/mol. The SMILES string of the molecule is COC1(C(NN)c2ccccc2C2CCC2)CCCCC1. The summed E-state index contributed by atoms with van der Waals surface area (Å²) in [4.78, 5) is 0. The van der Waals surface area contributed by atoms with E-state index < -0.39 is 0 Å². The third-order valence-corrected chi connectivity index (χ3v) is 5.65. The highest BCUT2D eigenvalue weighted by Crippen LogP contribution is 2.45. The molecule has 3 rings (SSSR count). The van der Waals surface area contributed by atoms with Crippen LogP contribution in [0.15, 0.2) is 24.3 Å². The molecule has 1 unspecified atom stereocenters. The molecule has 2 aliphatic carbocycles. The molecule has 0 bridgehead atoms. The molecule has 1 aromatic carbocycles. The van der Waals surface area contributed by atoms with Crippen molar-refractivity contribution in [2.75, 3.05) is 7.11 Å². The molecule has 2 saturated carbocycles. The van der Waals surface area contributed by atoms with Gasteiger partial charge in [0.05, 0.1) is 11.6 Å². The summed E-state index contributed by atoms with van der Waals surface area (Å²) >= 11 is 0. The zero-order valence-corrected chi connectivity index (χ0v) is 13.1. The molecule has 3 heteroatoms. The fourth-order valence-electron chi connectivity index (χ4n) is 4.15. The summed E-state index contributed by atoms with van der Waals surface area (Å²) in [6.45, 7) is 0. The van der Waals surface area contributed by atoms with E-state index in [0.717, 1.165) is 18.8 Å². The molecular weight excluding hydrogens is 260 g/mol. The summed E-state index contributed by atoms with van der Waals surface area (Å²) in [5, 5.41) is 0. The van der Waals surface area contributed by atoms with Gasteiger partial charge in [0.25, 0.3) is 0 Å². The van der Waals surface area contributed by atoms with Crippen LogP contribution >= 0.6 is 0 Å². The zero-order chi connectivity index (χ0) is 14.7. The molecule has 0 aromatic heterocycles. The van der Waals surface area contributed by atoms with Gasteiger partial charge in [-0.1, -0.05) is 49.9 Å². The maximum atomic E-state index is 6.03. The summed E-state index contributed by atoms with van der Waals surface area (Å²) in [5.41, 5.74) is 5.79. The van der Waals surface area contributed by atoms with Crippen molar-refractivity contribution in [1.82, 2.24) is 5.43 Å². The van der Waals surface area contributed by atoms with Crippen LogP contribution in [0.25, 0.3) is 0 Å². The topological polar surface area (TPSA) is 47.3 Å². The lowest BCUT2D eigenvalue weighted by Gasteiger charge is -2.43. The Morgan fingerprint density at radius 3 is 2.43 bits per heavy atom. The van der Waals surface area contributed by atoms with E-state index in [0.29, 0.717) is 0 Å². The Bertz CT molecular complexity index is 464. The standard InChI is InChI=1S/C18H28N2O/c1-21-18(12-5-2-6-13-18)17(20-19)16-11-4-3-10-15(16)14-8-7-9-14/h3-4,10-11,14,17,20H,2,5-9,12-13,19H2,1H3. The van der Waals surface area contributed by atoms with Gasteiger partial charge >= 0.3 is 0 Å². The van der Waals surface area contributed by atoms with Gasteiger partial charge < -0.3 is 4.74 Å². The molecule has 0 saturated heterocycles. The lowest BCUT2D eigenvalue weighted by atomic mass is 9.72. The molecule has 0 spiro atoms. The predicted molar refractivity (Wildman–Crippen MR) is 85.9 cm³/mol. The van der Waals surface area contributed by atoms with Gasteiger partial charge in [-0.2, -0.15) is 0 Å². The Morgan fingerprint density at radius 1 is 1.14 bits per heavy atom. The highest BCUT2D eigenvalue weighted by atomic mass is 16.5. The van der Waals surface area contributed by atoms with E-state index in [2.05, 4.69) is 29.7 Å². The van der Waals surface area contributed by atoms with E-state index in [-0.39, 0.29) is 11.6 Å². The minimum atomic E-state index is -0.146. The summed E-state index contributed by atoms with van der Waals surface area (Å²) in [7, 11) is 1.85. The van der Waals surface area contributed by atoms with Gasteiger partial charge in [-0.25, -0.2) is 0 Å². The second-order valence-corrected chi connectivity index (χ2v) is 6.69. The predicted octanol–water partition coefficient (Wildman–Crippen LogP) is 3.81. The van der Waals surface area contributed by atoms with Crippen LogP contribution in [0, 0.1) is 0 Å². The largest absolute Gasteiger partial charge is 0.376 e. The van der Waals surface area contributed by atoms with Crippen molar-refractivity contribution < 1.29 is 4.74 Å². The van der Waals surface area contributed by atoms with Gasteiger partial charge in [-0.3, -0.25) is 11.3 Å². The number of methoxy groups -OCH3 is 1. The van der Waals surface area contributed by atoms with Crippen molar-refractivity contribution in [3.05, 3.63) is 35.4 Å². The van der Waals surface area contributed by atoms with Crippen LogP contribution in [0.4, 0.5) is 0 Å². The van der Waals surface area contributed by atoms with E-state index in [1.807, 2.05) is 7.11 Å². The number of ether oxygens (including phenoxy) is 1. The van der Waals surface area contributed by atoms with Crippen LogP contribution in [-0.2, 0) is 4.74 Å². The zero-order valence-electron chi connectivity index (χ0n) is 13.1. The minimum Gasteiger partial charge on any atom is -0.376 e. The Balaban J connectivity index is 1.95. The van der Waals surface area contributed by atoms with Crippen molar-refractivity contribution in [2.45, 2.75) is 68.9 Å². The van der Waals surface area contributed by atoms with Crippen molar-refractivity contribution in [3.63, 3.8) is 0 Å². The van der Waals surface area contributed by atoms with E-state index in [1.54, 1.807) is 0 Å². The normalized spacial score (nSPS) is 23.5. The third kappa shape index (κ3) is 2.75. The Morgan fingerprint density at radius 2 is 1.86 bits per heavy atom. The number of nitrogens with two attached hydrogens (primary N) is 1. The fourth-order valence-corrected chi connectivity index (χ4v) is 4.15. The number of hydrogen-bond acceptors (Lipinski definition) is 3. The molecule has 0 radical (unpaired) electrons. The number of hydrazine groups is 1. The van der Waals surface area contributed by atoms with Gasteiger partial charge in [0.1, 0.15) is 0 Å². The average Bonchev–Trinajstić information content (AvgIpc) is 2.49. The van der Waals surface area contributed by atoms with Gasteiger partial charge in [0.15, 0.2) is 0 Å². The lowest BCUT2D eigenvalue weighted by molar-refractivity contribution is -0.0691. The van der Waals surface area contributed by atoms with Crippen LogP contribution in [0.1, 0.15) is 74.5 Å². The number of benzene rings is 1. The highest BCUT2D eigenvalue weighted by Gasteiger charge is 2.42. The molecule has 1 atom stereocenters. The smallest absolute Gasteiger partial charge is 0.0885 e. The number of hydrogen-bond donors (Lipinski definition) is 2. The van der Waals surface area contributed by atoms with Gasteiger partial charge in [-0.05, 0) is 42.7 Å². The van der Waals surface area contributed by atoms with Crippen LogP contribution in [0.5, 0.6) is 0 Å². The first-order valence-corrected chi connectivity index (χ1v) is 8.41. The first-order valence-electron chi connectivity index (χ1n) is 8.41. The maximum Gasteiger partial charge on any atom is 0.0885 e. The van der Waals surface area contributed by atoms with Crippen LogP contribution in [-0.4, -0.2) is 12.7 Å². The molecule has 2 aliphatic rings. The average molecular weight is 288 g/mol. The lowest BCUT2D eigenvalue weighted by Crippen LogP contribution is -2.49. The van der Waals surface area contributed by atoms with E-state index >= 15 is 0 Å². The van der Waals surface area contributed by atoms with E-state index in [4.69, 9.17) is 10.6 Å². The maximum absolute atomic E-state index is 6.03. The van der Waals surface area contributed by atoms with E-state index in [9.17, 15) is 0 Å². The molecule has 21 heavy (non-hydrogen) atoms. The molecule has 2 fully saturated rings. The Labute approximate surface area is 128 Å². The van der Waals surface area contributed by atoms with Crippen molar-refractivity contribution in [2.24, 2.45) is 5.84 Å². The minimum absolute atomic E-state index is 0.0969. The second-order valence-electron chi connectivity index (χ2n) is 6.69. The molecule has 3 nitrogen and oxygen atoms in total. The highest BCUT2D eigenvalue weighted by molar-refractivity contribution is 5.36. The number of nitrogens with one attached hydrogen (secondary N) is 1. The van der Waals surface area contributed by atoms with Crippen LogP contribution < -0.4 is 11.3 Å². The quantitative estimate of drug-likeness (QED) is 0.640. The summed E-state index contributed by atoms with van der Waals surface area (Å²) < 4.78 is 6.03. The molecular formula is C18H28N2O. The molecule has 0 amide bonds. The molecule has 1 aromatic rings. The van der Waals surface area contributed by atoms with Crippen LogP contribution in [0.3, 0.4) is 0 Å². The van der Waals surface area contributed by atoms with Crippen molar-refractivity contribution in [1.29, 1.82) is 0 Å². The molecule has 0 aliphatic heterocycles. The Kier molecular flexibility index (Phi) is 4.63. The molecule has 0 heterocycles. The van der Waals surface area contributed by atoms with Crippen molar-refractivity contribution >= 4 is 0 Å². The third-order valence-electron chi connectivity index (χ3n) is 5.65. The first kappa shape index (κ1) is 15.0. The van der Waals surface area contributed by atoms with Gasteiger partial charge in [0.2, 0.25) is 0 Å².